The van der Waals surface area contributed by atoms with Crippen LogP contribution in [0.4, 0.5) is 13.2 Å². The van der Waals surface area contributed by atoms with Gasteiger partial charge in [0, 0.05) is 6.54 Å². The summed E-state index contributed by atoms with van der Waals surface area (Å²) in [7, 11) is 0. The van der Waals surface area contributed by atoms with Crippen molar-refractivity contribution >= 4 is 5.91 Å². The first-order chi connectivity index (χ1) is 6.96. The Morgan fingerprint density at radius 2 is 2.20 bits per heavy atom. The molecule has 4 nitrogen and oxygen atoms in total. The molecule has 1 atom stereocenters. The van der Waals surface area contributed by atoms with Crippen molar-refractivity contribution in [3.05, 3.63) is 0 Å². The molecule has 1 aliphatic heterocycles. The molecule has 1 rings (SSSR count). The zero-order valence-corrected chi connectivity index (χ0v) is 7.96. The predicted octanol–water partition coefficient (Wildman–Crippen LogP) is 0.159. The van der Waals surface area contributed by atoms with Crippen molar-refractivity contribution in [3.8, 4) is 0 Å². The number of hydrogen-bond donors (Lipinski definition) is 1. The highest BCUT2D eigenvalue weighted by Gasteiger charge is 2.47. The van der Waals surface area contributed by atoms with E-state index in [-0.39, 0.29) is 26.4 Å². The molecule has 1 saturated heterocycles. The largest absolute Gasteiger partial charge is 0.471 e. The quantitative estimate of drug-likeness (QED) is 0.696. The number of carbonyl (C=O) groups excluding carboxylic acids is 1. The zero-order chi connectivity index (χ0) is 11.5. The maximum Gasteiger partial charge on any atom is 0.471 e. The van der Waals surface area contributed by atoms with Gasteiger partial charge in [-0.2, -0.15) is 13.2 Å². The molecule has 0 aromatic rings. The summed E-state index contributed by atoms with van der Waals surface area (Å²) < 4.78 is 40.9. The Bertz CT molecular complexity index is 232. The van der Waals surface area contributed by atoms with Crippen molar-refractivity contribution in [1.29, 1.82) is 0 Å². The number of amides is 1. The van der Waals surface area contributed by atoms with E-state index >= 15 is 0 Å². The van der Waals surface area contributed by atoms with Crippen molar-refractivity contribution in [2.24, 2.45) is 0 Å². The summed E-state index contributed by atoms with van der Waals surface area (Å²) >= 11 is 0. The Morgan fingerprint density at radius 3 is 2.60 bits per heavy atom. The fourth-order valence-electron chi connectivity index (χ4n) is 1.33. The molecule has 0 radical (unpaired) electrons. The minimum absolute atomic E-state index is 0.0440. The molecule has 0 bridgehead atoms. The highest BCUT2D eigenvalue weighted by molar-refractivity contribution is 5.82. The van der Waals surface area contributed by atoms with Crippen LogP contribution in [0, 0.1) is 0 Å². The van der Waals surface area contributed by atoms with Gasteiger partial charge in [-0.05, 0) is 6.42 Å². The second-order valence-electron chi connectivity index (χ2n) is 3.24. The van der Waals surface area contributed by atoms with E-state index in [2.05, 4.69) is 0 Å². The van der Waals surface area contributed by atoms with Gasteiger partial charge >= 0.3 is 12.1 Å². The van der Waals surface area contributed by atoms with Crippen LogP contribution < -0.4 is 0 Å². The molecular formula is C8H12F3NO3. The maximum absolute atomic E-state index is 12.0. The van der Waals surface area contributed by atoms with Crippen LogP contribution in [-0.2, 0) is 9.53 Å². The Labute approximate surface area is 84.6 Å². The van der Waals surface area contributed by atoms with Gasteiger partial charge in [0.25, 0.3) is 0 Å². The molecule has 0 aromatic heterocycles. The molecule has 1 heterocycles. The molecule has 1 aliphatic rings. The van der Waals surface area contributed by atoms with Gasteiger partial charge in [-0.15, -0.1) is 0 Å². The molecule has 1 amide bonds. The number of hydrogen-bond acceptors (Lipinski definition) is 3. The van der Waals surface area contributed by atoms with Crippen molar-refractivity contribution in [3.63, 3.8) is 0 Å². The predicted molar refractivity (Wildman–Crippen MR) is 44.1 cm³/mol. The monoisotopic (exact) mass is 227 g/mol. The SMILES string of the molecule is O=C(N1CCC1COCCO)C(F)(F)F. The lowest BCUT2D eigenvalue weighted by Gasteiger charge is -2.40. The fraction of sp³-hybridized carbons (Fsp3) is 0.875. The third-order valence-electron chi connectivity index (χ3n) is 2.19. The lowest BCUT2D eigenvalue weighted by atomic mass is 10.0. The highest BCUT2D eigenvalue weighted by Crippen LogP contribution is 2.26. The Morgan fingerprint density at radius 1 is 1.53 bits per heavy atom. The van der Waals surface area contributed by atoms with Crippen LogP contribution in [0.5, 0.6) is 0 Å². The van der Waals surface area contributed by atoms with Crippen molar-refractivity contribution in [2.75, 3.05) is 26.4 Å². The van der Waals surface area contributed by atoms with Crippen LogP contribution >= 0.6 is 0 Å². The molecule has 0 saturated carbocycles. The van der Waals surface area contributed by atoms with Gasteiger partial charge in [-0.1, -0.05) is 0 Å². The van der Waals surface area contributed by atoms with E-state index in [9.17, 15) is 18.0 Å². The van der Waals surface area contributed by atoms with Gasteiger partial charge in [0.05, 0.1) is 25.9 Å². The fourth-order valence-corrected chi connectivity index (χ4v) is 1.33. The minimum Gasteiger partial charge on any atom is -0.394 e. The molecule has 1 fully saturated rings. The molecular weight excluding hydrogens is 215 g/mol. The zero-order valence-electron chi connectivity index (χ0n) is 7.96. The summed E-state index contributed by atoms with van der Waals surface area (Å²) in [5.41, 5.74) is 0. The molecule has 0 aliphatic carbocycles. The standard InChI is InChI=1S/C8H12F3NO3/c9-8(10,11)7(14)12-2-1-6(12)5-15-4-3-13/h6,13H,1-5H2. The van der Waals surface area contributed by atoms with E-state index in [1.165, 1.54) is 0 Å². The summed E-state index contributed by atoms with van der Waals surface area (Å²) in [6.45, 7) is 0.0539. The highest BCUT2D eigenvalue weighted by atomic mass is 19.4. The van der Waals surface area contributed by atoms with E-state index in [1.807, 2.05) is 0 Å². The van der Waals surface area contributed by atoms with Crippen molar-refractivity contribution in [2.45, 2.75) is 18.6 Å². The maximum atomic E-state index is 12.0. The first-order valence-corrected chi connectivity index (χ1v) is 4.53. The number of aliphatic hydroxyl groups excluding tert-OH is 1. The van der Waals surface area contributed by atoms with Crippen LogP contribution in [0.15, 0.2) is 0 Å². The van der Waals surface area contributed by atoms with Crippen LogP contribution in [0.2, 0.25) is 0 Å². The summed E-state index contributed by atoms with van der Waals surface area (Å²) in [6, 6.07) is -0.509. The van der Waals surface area contributed by atoms with Gasteiger partial charge in [0.2, 0.25) is 0 Å². The molecule has 88 valence electrons. The molecule has 15 heavy (non-hydrogen) atoms. The van der Waals surface area contributed by atoms with Gasteiger partial charge in [0.15, 0.2) is 0 Å². The summed E-state index contributed by atoms with van der Waals surface area (Å²) in [5.74, 6) is -1.81. The first kappa shape index (κ1) is 12.3. The smallest absolute Gasteiger partial charge is 0.394 e. The van der Waals surface area contributed by atoms with Crippen LogP contribution in [-0.4, -0.2) is 54.5 Å². The number of likely N-dealkylation sites (tertiary alicyclic amines) is 1. The molecule has 7 heteroatoms. The third-order valence-corrected chi connectivity index (χ3v) is 2.19. The normalized spacial score (nSPS) is 21.3. The number of nitrogens with zero attached hydrogens (tertiary/aromatic N) is 1. The van der Waals surface area contributed by atoms with Gasteiger partial charge in [0.1, 0.15) is 0 Å². The second kappa shape index (κ2) is 4.80. The van der Waals surface area contributed by atoms with Crippen LogP contribution in [0.3, 0.4) is 0 Å². The lowest BCUT2D eigenvalue weighted by molar-refractivity contribution is -0.194. The summed E-state index contributed by atoms with van der Waals surface area (Å²) in [4.78, 5) is 11.5. The van der Waals surface area contributed by atoms with Gasteiger partial charge in [-0.3, -0.25) is 4.79 Å². The third kappa shape index (κ3) is 3.07. The minimum atomic E-state index is -4.81. The first-order valence-electron chi connectivity index (χ1n) is 4.53. The van der Waals surface area contributed by atoms with Gasteiger partial charge in [-0.25, -0.2) is 0 Å². The van der Waals surface area contributed by atoms with E-state index < -0.39 is 18.1 Å². The number of ether oxygens (including phenoxy) is 1. The average Bonchev–Trinajstić information content (AvgIpc) is 2.09. The van der Waals surface area contributed by atoms with E-state index in [0.717, 1.165) is 4.90 Å². The number of rotatable bonds is 4. The van der Waals surface area contributed by atoms with Crippen molar-refractivity contribution < 1.29 is 27.8 Å². The Kier molecular flexibility index (Phi) is 3.92. The molecule has 1 unspecified atom stereocenters. The lowest BCUT2D eigenvalue weighted by Crippen LogP contribution is -2.57. The van der Waals surface area contributed by atoms with Crippen LogP contribution in [0.1, 0.15) is 6.42 Å². The van der Waals surface area contributed by atoms with E-state index in [1.54, 1.807) is 0 Å². The van der Waals surface area contributed by atoms with E-state index in [0.29, 0.717) is 6.42 Å². The Hall–Kier alpha value is -0.820. The molecule has 0 aromatic carbocycles. The summed E-state index contributed by atoms with van der Waals surface area (Å²) in [5, 5.41) is 8.39. The van der Waals surface area contributed by atoms with Crippen LogP contribution in [0.25, 0.3) is 0 Å². The molecule has 0 spiro atoms. The number of carbonyl (C=O) groups is 1. The Balaban J connectivity index is 2.35. The average molecular weight is 227 g/mol. The number of halogens is 3. The summed E-state index contributed by atoms with van der Waals surface area (Å²) in [6.07, 6.45) is -4.30. The topological polar surface area (TPSA) is 49.8 Å². The number of aliphatic hydroxyl groups is 1. The second-order valence-corrected chi connectivity index (χ2v) is 3.24. The van der Waals surface area contributed by atoms with E-state index in [4.69, 9.17) is 9.84 Å². The van der Waals surface area contributed by atoms with Crippen molar-refractivity contribution in [1.82, 2.24) is 4.90 Å². The molecule has 1 N–H and O–H groups in total. The number of alkyl halides is 3. The van der Waals surface area contributed by atoms with Gasteiger partial charge < -0.3 is 14.7 Å².